The predicted octanol–water partition coefficient (Wildman–Crippen LogP) is 2.38. The van der Waals surface area contributed by atoms with Gasteiger partial charge in [-0.15, -0.1) is 0 Å². The largest absolute Gasteiger partial charge is 0.373 e. The summed E-state index contributed by atoms with van der Waals surface area (Å²) in [6, 6.07) is 18.2. The molecule has 1 amide bonds. The standard InChI is InChI=1S/C17H18N2O/c20-17(18-11-10-13-6-2-1-3-7-13)16-12-14-8-4-5-9-15(14)19-16/h1-9,16,19H,10-12H2,(H,18,20)/t16-/m0/s1. The second-order valence-electron chi connectivity index (χ2n) is 5.08. The van der Waals surface area contributed by atoms with Crippen LogP contribution in [-0.4, -0.2) is 18.5 Å². The molecule has 3 heteroatoms. The van der Waals surface area contributed by atoms with E-state index in [1.165, 1.54) is 11.1 Å². The van der Waals surface area contributed by atoms with E-state index in [2.05, 4.69) is 28.8 Å². The highest BCUT2D eigenvalue weighted by atomic mass is 16.2. The highest BCUT2D eigenvalue weighted by Crippen LogP contribution is 2.24. The smallest absolute Gasteiger partial charge is 0.242 e. The Kier molecular flexibility index (Phi) is 3.68. The van der Waals surface area contributed by atoms with Gasteiger partial charge in [-0.3, -0.25) is 4.79 Å². The number of carbonyl (C=O) groups is 1. The topological polar surface area (TPSA) is 41.1 Å². The molecule has 0 unspecified atom stereocenters. The summed E-state index contributed by atoms with van der Waals surface area (Å²) in [7, 11) is 0. The van der Waals surface area contributed by atoms with Gasteiger partial charge in [0.1, 0.15) is 6.04 Å². The first-order valence-electron chi connectivity index (χ1n) is 6.99. The number of anilines is 1. The third-order valence-corrected chi connectivity index (χ3v) is 3.64. The number of hydrogen-bond donors (Lipinski definition) is 2. The maximum absolute atomic E-state index is 12.1. The molecule has 1 atom stereocenters. The zero-order valence-electron chi connectivity index (χ0n) is 11.3. The zero-order chi connectivity index (χ0) is 13.8. The van der Waals surface area contributed by atoms with Crippen molar-refractivity contribution in [2.75, 3.05) is 11.9 Å². The fourth-order valence-corrected chi connectivity index (χ4v) is 2.55. The van der Waals surface area contributed by atoms with Crippen LogP contribution in [0.4, 0.5) is 5.69 Å². The van der Waals surface area contributed by atoms with Gasteiger partial charge in [0.15, 0.2) is 0 Å². The Morgan fingerprint density at radius 3 is 2.65 bits per heavy atom. The Labute approximate surface area is 119 Å². The Morgan fingerprint density at radius 2 is 1.85 bits per heavy atom. The summed E-state index contributed by atoms with van der Waals surface area (Å²) in [6.07, 6.45) is 1.64. The molecule has 0 spiro atoms. The summed E-state index contributed by atoms with van der Waals surface area (Å²) in [4.78, 5) is 12.1. The van der Waals surface area contributed by atoms with Crippen molar-refractivity contribution in [1.29, 1.82) is 0 Å². The minimum Gasteiger partial charge on any atom is -0.373 e. The van der Waals surface area contributed by atoms with Crippen LogP contribution in [0.25, 0.3) is 0 Å². The zero-order valence-corrected chi connectivity index (χ0v) is 11.3. The molecular formula is C17H18N2O. The monoisotopic (exact) mass is 266 g/mol. The normalized spacial score (nSPS) is 16.3. The van der Waals surface area contributed by atoms with Crippen molar-refractivity contribution in [3.8, 4) is 0 Å². The van der Waals surface area contributed by atoms with Gasteiger partial charge in [-0.2, -0.15) is 0 Å². The van der Waals surface area contributed by atoms with Crippen LogP contribution in [0.1, 0.15) is 11.1 Å². The van der Waals surface area contributed by atoms with Crippen molar-refractivity contribution < 1.29 is 4.79 Å². The number of para-hydroxylation sites is 1. The lowest BCUT2D eigenvalue weighted by molar-refractivity contribution is -0.121. The van der Waals surface area contributed by atoms with Crippen LogP contribution in [0.3, 0.4) is 0 Å². The second-order valence-corrected chi connectivity index (χ2v) is 5.08. The van der Waals surface area contributed by atoms with E-state index in [1.807, 2.05) is 36.4 Å². The van der Waals surface area contributed by atoms with Crippen molar-refractivity contribution in [3.63, 3.8) is 0 Å². The minimum atomic E-state index is -0.136. The van der Waals surface area contributed by atoms with Crippen LogP contribution in [0, 0.1) is 0 Å². The molecule has 2 aromatic carbocycles. The van der Waals surface area contributed by atoms with Crippen molar-refractivity contribution in [1.82, 2.24) is 5.32 Å². The quantitative estimate of drug-likeness (QED) is 0.892. The number of amides is 1. The molecule has 0 fully saturated rings. The summed E-state index contributed by atoms with van der Waals surface area (Å²) in [5.41, 5.74) is 3.54. The van der Waals surface area contributed by atoms with E-state index in [9.17, 15) is 4.79 Å². The molecule has 0 radical (unpaired) electrons. The Hall–Kier alpha value is -2.29. The van der Waals surface area contributed by atoms with Gasteiger partial charge >= 0.3 is 0 Å². The summed E-state index contributed by atoms with van der Waals surface area (Å²) in [6.45, 7) is 0.678. The first-order valence-corrected chi connectivity index (χ1v) is 6.99. The third kappa shape index (κ3) is 2.82. The highest BCUT2D eigenvalue weighted by molar-refractivity contribution is 5.87. The first kappa shape index (κ1) is 12.7. The molecule has 3 rings (SSSR count). The summed E-state index contributed by atoms with van der Waals surface area (Å²) >= 11 is 0. The van der Waals surface area contributed by atoms with Gasteiger partial charge in [-0.05, 0) is 23.6 Å². The average molecular weight is 266 g/mol. The lowest BCUT2D eigenvalue weighted by atomic mass is 10.1. The lowest BCUT2D eigenvalue weighted by Crippen LogP contribution is -2.39. The fraction of sp³-hybridized carbons (Fsp3) is 0.235. The first-order chi connectivity index (χ1) is 9.83. The second kappa shape index (κ2) is 5.78. The van der Waals surface area contributed by atoms with Crippen molar-refractivity contribution in [2.45, 2.75) is 18.9 Å². The molecule has 1 aliphatic rings. The SMILES string of the molecule is O=C(NCCc1ccccc1)[C@@H]1Cc2ccccc2N1. The highest BCUT2D eigenvalue weighted by Gasteiger charge is 2.25. The van der Waals surface area contributed by atoms with Crippen molar-refractivity contribution in [3.05, 3.63) is 65.7 Å². The molecule has 1 heterocycles. The van der Waals surface area contributed by atoms with Gasteiger partial charge in [0.05, 0.1) is 0 Å². The summed E-state index contributed by atoms with van der Waals surface area (Å²) in [5, 5.41) is 6.28. The van der Waals surface area contributed by atoms with Gasteiger partial charge in [-0.1, -0.05) is 48.5 Å². The van der Waals surface area contributed by atoms with E-state index < -0.39 is 0 Å². The number of nitrogens with one attached hydrogen (secondary N) is 2. The van der Waals surface area contributed by atoms with Gasteiger partial charge in [0.25, 0.3) is 0 Å². The van der Waals surface area contributed by atoms with Gasteiger partial charge in [-0.25, -0.2) is 0 Å². The van der Waals surface area contributed by atoms with Crippen LogP contribution in [0.2, 0.25) is 0 Å². The Bertz CT molecular complexity index is 570. The molecular weight excluding hydrogens is 248 g/mol. The van der Waals surface area contributed by atoms with E-state index in [0.717, 1.165) is 18.5 Å². The number of carbonyl (C=O) groups excluding carboxylic acids is 1. The van der Waals surface area contributed by atoms with Crippen molar-refractivity contribution >= 4 is 11.6 Å². The lowest BCUT2D eigenvalue weighted by Gasteiger charge is -2.12. The summed E-state index contributed by atoms with van der Waals surface area (Å²) in [5.74, 6) is 0.0807. The predicted molar refractivity (Wildman–Crippen MR) is 80.7 cm³/mol. The minimum absolute atomic E-state index is 0.0807. The number of fused-ring (bicyclic) bond motifs is 1. The van der Waals surface area contributed by atoms with E-state index in [1.54, 1.807) is 0 Å². The molecule has 1 aliphatic heterocycles. The van der Waals surface area contributed by atoms with Gasteiger partial charge in [0.2, 0.25) is 5.91 Å². The Balaban J connectivity index is 1.49. The fourth-order valence-electron chi connectivity index (χ4n) is 2.55. The molecule has 0 bridgehead atoms. The van der Waals surface area contributed by atoms with Crippen LogP contribution < -0.4 is 10.6 Å². The molecule has 102 valence electrons. The molecule has 2 N–H and O–H groups in total. The molecule has 0 saturated carbocycles. The number of benzene rings is 2. The van der Waals surface area contributed by atoms with Crippen molar-refractivity contribution in [2.24, 2.45) is 0 Å². The van der Waals surface area contributed by atoms with Crippen LogP contribution in [0.5, 0.6) is 0 Å². The molecule has 2 aromatic rings. The maximum Gasteiger partial charge on any atom is 0.242 e. The Morgan fingerprint density at radius 1 is 1.10 bits per heavy atom. The summed E-state index contributed by atoms with van der Waals surface area (Å²) < 4.78 is 0. The van der Waals surface area contributed by atoms with E-state index in [-0.39, 0.29) is 11.9 Å². The van der Waals surface area contributed by atoms with Crippen LogP contribution >= 0.6 is 0 Å². The van der Waals surface area contributed by atoms with E-state index in [4.69, 9.17) is 0 Å². The van der Waals surface area contributed by atoms with Gasteiger partial charge in [0, 0.05) is 18.7 Å². The molecule has 0 saturated heterocycles. The molecule has 0 aromatic heterocycles. The van der Waals surface area contributed by atoms with Crippen LogP contribution in [-0.2, 0) is 17.6 Å². The molecule has 3 nitrogen and oxygen atoms in total. The van der Waals surface area contributed by atoms with E-state index >= 15 is 0 Å². The molecule has 0 aliphatic carbocycles. The van der Waals surface area contributed by atoms with E-state index in [0.29, 0.717) is 6.54 Å². The third-order valence-electron chi connectivity index (χ3n) is 3.64. The van der Waals surface area contributed by atoms with Gasteiger partial charge < -0.3 is 10.6 Å². The average Bonchev–Trinajstić information content (AvgIpc) is 2.92. The molecule has 20 heavy (non-hydrogen) atoms. The maximum atomic E-state index is 12.1. The number of rotatable bonds is 4. The van der Waals surface area contributed by atoms with Crippen LogP contribution in [0.15, 0.2) is 54.6 Å². The number of hydrogen-bond acceptors (Lipinski definition) is 2.